The summed E-state index contributed by atoms with van der Waals surface area (Å²) in [7, 11) is 0. The van der Waals surface area contributed by atoms with Gasteiger partial charge in [-0.1, -0.05) is 36.4 Å². The Kier molecular flexibility index (Phi) is 6.26. The molecule has 0 bridgehead atoms. The summed E-state index contributed by atoms with van der Waals surface area (Å²) < 4.78 is 5.16. The van der Waals surface area contributed by atoms with Crippen molar-refractivity contribution >= 4 is 23.5 Å². The van der Waals surface area contributed by atoms with Crippen LogP contribution in [0, 0.1) is 6.92 Å². The molecule has 7 nitrogen and oxygen atoms in total. The lowest BCUT2D eigenvalue weighted by Gasteiger charge is -2.10. The third kappa shape index (κ3) is 5.37. The summed E-state index contributed by atoms with van der Waals surface area (Å²) in [5.74, 6) is -1.29. The quantitative estimate of drug-likeness (QED) is 0.558. The molecule has 1 aliphatic carbocycles. The molecule has 0 saturated heterocycles. The average Bonchev–Trinajstić information content (AvgIpc) is 3.62. The van der Waals surface area contributed by atoms with E-state index in [1.807, 2.05) is 30.3 Å². The molecule has 2 aromatic carbocycles. The topological polar surface area (TPSA) is 97.4 Å². The van der Waals surface area contributed by atoms with Gasteiger partial charge in [0.1, 0.15) is 0 Å². The number of nitrogens with one attached hydrogen (secondary N) is 2. The van der Waals surface area contributed by atoms with Crippen LogP contribution in [0.3, 0.4) is 0 Å². The van der Waals surface area contributed by atoms with Gasteiger partial charge >= 0.3 is 5.97 Å². The Bertz CT molecular complexity index is 1160. The van der Waals surface area contributed by atoms with Gasteiger partial charge in [-0.3, -0.25) is 14.6 Å². The lowest BCUT2D eigenvalue weighted by atomic mass is 10.1. The second kappa shape index (κ2) is 9.43. The predicted molar refractivity (Wildman–Crippen MR) is 120 cm³/mol. The fourth-order valence-corrected chi connectivity index (χ4v) is 3.19. The first-order valence-corrected chi connectivity index (χ1v) is 10.4. The van der Waals surface area contributed by atoms with E-state index in [0.29, 0.717) is 22.5 Å². The predicted octanol–water partition coefficient (Wildman–Crippen LogP) is 3.74. The van der Waals surface area contributed by atoms with Crippen LogP contribution >= 0.6 is 0 Å². The molecule has 1 fully saturated rings. The third-order valence-electron chi connectivity index (χ3n) is 5.03. The second-order valence-corrected chi connectivity index (χ2v) is 7.65. The van der Waals surface area contributed by atoms with Crippen molar-refractivity contribution in [1.29, 1.82) is 0 Å². The van der Waals surface area contributed by atoms with Gasteiger partial charge in [0, 0.05) is 22.9 Å². The summed E-state index contributed by atoms with van der Waals surface area (Å²) in [5.41, 5.74) is 3.44. The summed E-state index contributed by atoms with van der Waals surface area (Å²) in [6, 6.07) is 19.9. The van der Waals surface area contributed by atoms with E-state index in [-0.39, 0.29) is 11.9 Å². The number of aryl methyl sites for hydroxylation is 1. The van der Waals surface area contributed by atoms with Crippen LogP contribution in [0.15, 0.2) is 66.7 Å². The molecular formula is C25H23N3O4. The number of hydrogen-bond acceptors (Lipinski definition) is 5. The summed E-state index contributed by atoms with van der Waals surface area (Å²) in [6.45, 7) is 1.28. The molecule has 1 saturated carbocycles. The standard InChI is InChI=1S/C25H23N3O4/c1-16-21(12-13-22(26-16)17-6-3-2-4-7-17)25(31)32-15-23(29)27-20-9-5-8-18(14-20)24(30)28-19-10-11-19/h2-9,12-14,19H,10-11,15H2,1H3,(H,27,29)(H,28,30). The molecule has 0 atom stereocenters. The minimum Gasteiger partial charge on any atom is -0.452 e. The molecule has 2 N–H and O–H groups in total. The van der Waals surface area contributed by atoms with Gasteiger partial charge in [-0.05, 0) is 50.1 Å². The minimum atomic E-state index is -0.623. The van der Waals surface area contributed by atoms with Crippen LogP contribution in [0.1, 0.15) is 39.3 Å². The van der Waals surface area contributed by atoms with Crippen LogP contribution in [0.25, 0.3) is 11.3 Å². The number of pyridine rings is 1. The first-order valence-electron chi connectivity index (χ1n) is 10.4. The van der Waals surface area contributed by atoms with Gasteiger partial charge in [0.25, 0.3) is 11.8 Å². The number of carbonyl (C=O) groups excluding carboxylic acids is 3. The molecule has 3 aromatic rings. The van der Waals surface area contributed by atoms with Crippen LogP contribution in [0.5, 0.6) is 0 Å². The molecule has 1 aliphatic rings. The van der Waals surface area contributed by atoms with Gasteiger partial charge in [0.15, 0.2) is 6.61 Å². The number of ether oxygens (including phenoxy) is 1. The van der Waals surface area contributed by atoms with Crippen molar-refractivity contribution in [3.8, 4) is 11.3 Å². The highest BCUT2D eigenvalue weighted by molar-refractivity contribution is 5.98. The van der Waals surface area contributed by atoms with E-state index in [1.165, 1.54) is 0 Å². The number of carbonyl (C=O) groups is 3. The molecular weight excluding hydrogens is 406 g/mol. The Morgan fingerprint density at radius 3 is 2.50 bits per heavy atom. The van der Waals surface area contributed by atoms with Crippen LogP contribution in [-0.2, 0) is 9.53 Å². The summed E-state index contributed by atoms with van der Waals surface area (Å²) in [4.78, 5) is 41.3. The first kappa shape index (κ1) is 21.2. The molecule has 1 aromatic heterocycles. The molecule has 1 heterocycles. The molecule has 4 rings (SSSR count). The van der Waals surface area contributed by atoms with E-state index >= 15 is 0 Å². The monoisotopic (exact) mass is 429 g/mol. The van der Waals surface area contributed by atoms with Crippen LogP contribution in [0.4, 0.5) is 5.69 Å². The van der Waals surface area contributed by atoms with E-state index < -0.39 is 18.5 Å². The van der Waals surface area contributed by atoms with E-state index in [2.05, 4.69) is 15.6 Å². The normalized spacial score (nSPS) is 12.7. The van der Waals surface area contributed by atoms with Crippen molar-refractivity contribution in [1.82, 2.24) is 10.3 Å². The zero-order chi connectivity index (χ0) is 22.5. The molecule has 0 radical (unpaired) electrons. The van der Waals surface area contributed by atoms with Crippen LogP contribution < -0.4 is 10.6 Å². The van der Waals surface area contributed by atoms with Gasteiger partial charge in [0.2, 0.25) is 0 Å². The van der Waals surface area contributed by atoms with Gasteiger partial charge < -0.3 is 15.4 Å². The van der Waals surface area contributed by atoms with Gasteiger partial charge in [0.05, 0.1) is 17.0 Å². The molecule has 162 valence electrons. The highest BCUT2D eigenvalue weighted by Crippen LogP contribution is 2.20. The zero-order valence-corrected chi connectivity index (χ0v) is 17.6. The van der Waals surface area contributed by atoms with Crippen molar-refractivity contribution in [3.05, 3.63) is 83.6 Å². The molecule has 0 aliphatic heterocycles. The zero-order valence-electron chi connectivity index (χ0n) is 17.6. The van der Waals surface area contributed by atoms with E-state index in [9.17, 15) is 14.4 Å². The smallest absolute Gasteiger partial charge is 0.340 e. The van der Waals surface area contributed by atoms with Crippen molar-refractivity contribution < 1.29 is 19.1 Å². The highest BCUT2D eigenvalue weighted by Gasteiger charge is 2.24. The molecule has 7 heteroatoms. The van der Waals surface area contributed by atoms with Crippen molar-refractivity contribution in [2.75, 3.05) is 11.9 Å². The molecule has 2 amide bonds. The number of benzene rings is 2. The lowest BCUT2D eigenvalue weighted by molar-refractivity contribution is -0.119. The van der Waals surface area contributed by atoms with Crippen LogP contribution in [-0.4, -0.2) is 35.4 Å². The molecule has 0 spiro atoms. The number of anilines is 1. The van der Waals surface area contributed by atoms with Crippen molar-refractivity contribution in [2.24, 2.45) is 0 Å². The Balaban J connectivity index is 1.33. The maximum absolute atomic E-state index is 12.4. The third-order valence-corrected chi connectivity index (χ3v) is 5.03. The van der Waals surface area contributed by atoms with E-state index in [4.69, 9.17) is 4.74 Å². The van der Waals surface area contributed by atoms with E-state index in [1.54, 1.807) is 43.3 Å². The average molecular weight is 429 g/mol. The second-order valence-electron chi connectivity index (χ2n) is 7.65. The lowest BCUT2D eigenvalue weighted by Crippen LogP contribution is -2.25. The SMILES string of the molecule is Cc1nc(-c2ccccc2)ccc1C(=O)OCC(=O)Nc1cccc(C(=O)NC2CC2)c1. The van der Waals surface area contributed by atoms with Crippen molar-refractivity contribution in [3.63, 3.8) is 0 Å². The fraction of sp³-hybridized carbons (Fsp3) is 0.200. The number of hydrogen-bond donors (Lipinski definition) is 2. The maximum atomic E-state index is 12.4. The largest absolute Gasteiger partial charge is 0.452 e. The molecule has 0 unspecified atom stereocenters. The Labute approximate surface area is 185 Å². The summed E-state index contributed by atoms with van der Waals surface area (Å²) in [6.07, 6.45) is 2.00. The van der Waals surface area contributed by atoms with Gasteiger partial charge in [-0.2, -0.15) is 0 Å². The Morgan fingerprint density at radius 1 is 1.00 bits per heavy atom. The molecule has 32 heavy (non-hydrogen) atoms. The number of nitrogens with zero attached hydrogens (tertiary/aromatic N) is 1. The fourth-order valence-electron chi connectivity index (χ4n) is 3.19. The number of rotatable bonds is 7. The van der Waals surface area contributed by atoms with E-state index in [0.717, 1.165) is 24.1 Å². The number of esters is 1. The van der Waals surface area contributed by atoms with Crippen molar-refractivity contribution in [2.45, 2.75) is 25.8 Å². The van der Waals surface area contributed by atoms with Crippen LogP contribution in [0.2, 0.25) is 0 Å². The number of aromatic nitrogens is 1. The minimum absolute atomic E-state index is 0.169. The van der Waals surface area contributed by atoms with Gasteiger partial charge in [-0.25, -0.2) is 4.79 Å². The maximum Gasteiger partial charge on any atom is 0.340 e. The van der Waals surface area contributed by atoms with Gasteiger partial charge in [-0.15, -0.1) is 0 Å². The Morgan fingerprint density at radius 2 is 1.78 bits per heavy atom. The Hall–Kier alpha value is -4.00. The highest BCUT2D eigenvalue weighted by atomic mass is 16.5. The summed E-state index contributed by atoms with van der Waals surface area (Å²) in [5, 5.41) is 5.55. The number of amides is 2. The first-order chi connectivity index (χ1) is 15.5. The summed E-state index contributed by atoms with van der Waals surface area (Å²) >= 11 is 0.